The highest BCUT2D eigenvalue weighted by Crippen LogP contribution is 2.21. The number of hydrogen-bond acceptors (Lipinski definition) is 3. The first-order valence-corrected chi connectivity index (χ1v) is 4.41. The molecule has 0 heterocycles. The van der Waals surface area contributed by atoms with Gasteiger partial charge in [0.05, 0.1) is 5.97 Å². The van der Waals surface area contributed by atoms with Crippen molar-refractivity contribution in [2.75, 3.05) is 6.61 Å². The molecule has 0 atom stereocenters. The van der Waals surface area contributed by atoms with E-state index in [1.165, 1.54) is 0 Å². The molecule has 0 saturated heterocycles. The van der Waals surface area contributed by atoms with Gasteiger partial charge in [0.25, 0.3) is 0 Å². The van der Waals surface area contributed by atoms with Crippen LogP contribution in [0.3, 0.4) is 0 Å². The zero-order valence-electron chi connectivity index (χ0n) is 7.46. The number of hydrogen-bond donors (Lipinski definition) is 1. The Labute approximate surface area is 86.2 Å². The fourth-order valence-electron chi connectivity index (χ4n) is 0.975. The topological polar surface area (TPSA) is 77.0 Å². The number of ether oxygens (including phenoxy) is 1. The summed E-state index contributed by atoms with van der Waals surface area (Å²) in [6.07, 6.45) is 0. The Bertz CT molecular complexity index is 341. The first-order valence-electron chi connectivity index (χ1n) is 4.04. The second kappa shape index (κ2) is 4.83. The lowest BCUT2D eigenvalue weighted by molar-refractivity contribution is -0.386. The van der Waals surface area contributed by atoms with Crippen LogP contribution < -0.4 is 15.6 Å². The van der Waals surface area contributed by atoms with Gasteiger partial charge >= 0.3 is 0 Å². The third-order valence-electron chi connectivity index (χ3n) is 1.64. The number of carboxylic acids is 1. The SMILES string of the molecule is [NH3+]Cc1cc(OCC(=O)[O-])ccc1Cl. The molecule has 0 bridgehead atoms. The van der Waals surface area contributed by atoms with Crippen molar-refractivity contribution in [3.8, 4) is 5.75 Å². The van der Waals surface area contributed by atoms with Gasteiger partial charge in [-0.1, -0.05) is 11.6 Å². The van der Waals surface area contributed by atoms with Crippen LogP contribution >= 0.6 is 11.6 Å². The number of rotatable bonds is 4. The van der Waals surface area contributed by atoms with E-state index in [1.807, 2.05) is 0 Å². The Balaban J connectivity index is 2.74. The van der Waals surface area contributed by atoms with Crippen LogP contribution in [0, 0.1) is 0 Å². The summed E-state index contributed by atoms with van der Waals surface area (Å²) in [5.41, 5.74) is 4.51. The maximum atomic E-state index is 10.1. The molecule has 0 aliphatic rings. The van der Waals surface area contributed by atoms with Gasteiger partial charge < -0.3 is 20.4 Å². The van der Waals surface area contributed by atoms with Crippen LogP contribution in [0.5, 0.6) is 5.75 Å². The molecule has 3 N–H and O–H groups in total. The zero-order valence-corrected chi connectivity index (χ0v) is 8.21. The molecule has 0 saturated carbocycles. The maximum absolute atomic E-state index is 10.1. The fourth-order valence-corrected chi connectivity index (χ4v) is 1.19. The molecule has 4 nitrogen and oxygen atoms in total. The predicted octanol–water partition coefficient (Wildman–Crippen LogP) is -0.789. The summed E-state index contributed by atoms with van der Waals surface area (Å²) < 4.78 is 4.92. The molecule has 14 heavy (non-hydrogen) atoms. The normalized spacial score (nSPS) is 9.86. The van der Waals surface area contributed by atoms with Crippen LogP contribution in [0.25, 0.3) is 0 Å². The fraction of sp³-hybridized carbons (Fsp3) is 0.222. The van der Waals surface area contributed by atoms with E-state index in [4.69, 9.17) is 16.3 Å². The number of benzene rings is 1. The van der Waals surface area contributed by atoms with Gasteiger partial charge in [-0.3, -0.25) is 0 Å². The highest BCUT2D eigenvalue weighted by atomic mass is 35.5. The second-order valence-electron chi connectivity index (χ2n) is 2.66. The Kier molecular flexibility index (Phi) is 3.73. The smallest absolute Gasteiger partial charge is 0.128 e. The minimum absolute atomic E-state index is 0.456. The van der Waals surface area contributed by atoms with Crippen molar-refractivity contribution in [2.24, 2.45) is 0 Å². The number of quaternary nitrogens is 1. The standard InChI is InChI=1S/C9H10ClNO3/c10-8-2-1-7(3-6(8)4-11)14-5-9(12)13/h1-3H,4-5,11H2,(H,12,13). The van der Waals surface area contributed by atoms with Gasteiger partial charge in [-0.05, 0) is 18.2 Å². The minimum atomic E-state index is -1.25. The van der Waals surface area contributed by atoms with Gasteiger partial charge in [0.15, 0.2) is 0 Å². The van der Waals surface area contributed by atoms with E-state index < -0.39 is 12.6 Å². The number of carbonyl (C=O) groups excluding carboxylic acids is 1. The van der Waals surface area contributed by atoms with Crippen molar-refractivity contribution in [3.05, 3.63) is 28.8 Å². The Morgan fingerprint density at radius 1 is 1.57 bits per heavy atom. The van der Waals surface area contributed by atoms with Crippen molar-refractivity contribution in [1.29, 1.82) is 0 Å². The van der Waals surface area contributed by atoms with Crippen LogP contribution in [0.2, 0.25) is 5.02 Å². The van der Waals surface area contributed by atoms with Gasteiger partial charge in [-0.25, -0.2) is 0 Å². The number of aliphatic carboxylic acids is 1. The summed E-state index contributed by atoms with van der Waals surface area (Å²) >= 11 is 5.83. The number of carbonyl (C=O) groups is 1. The van der Waals surface area contributed by atoms with Crippen molar-refractivity contribution in [3.63, 3.8) is 0 Å². The minimum Gasteiger partial charge on any atom is -0.546 e. The van der Waals surface area contributed by atoms with Crippen LogP contribution in [0.1, 0.15) is 5.56 Å². The number of carboxylic acid groups (broad SMARTS) is 1. The summed E-state index contributed by atoms with van der Waals surface area (Å²) in [7, 11) is 0. The zero-order chi connectivity index (χ0) is 10.6. The monoisotopic (exact) mass is 215 g/mol. The average Bonchev–Trinajstić information content (AvgIpc) is 2.16. The highest BCUT2D eigenvalue weighted by molar-refractivity contribution is 6.31. The molecule has 0 aromatic heterocycles. The maximum Gasteiger partial charge on any atom is 0.128 e. The molecular weight excluding hydrogens is 206 g/mol. The third-order valence-corrected chi connectivity index (χ3v) is 2.01. The molecule has 1 aromatic rings. The van der Waals surface area contributed by atoms with E-state index >= 15 is 0 Å². The van der Waals surface area contributed by atoms with E-state index in [0.29, 0.717) is 17.3 Å². The van der Waals surface area contributed by atoms with Gasteiger partial charge in [0, 0.05) is 10.6 Å². The average molecular weight is 216 g/mol. The molecule has 5 heteroatoms. The molecule has 0 unspecified atom stereocenters. The van der Waals surface area contributed by atoms with Crippen molar-refractivity contribution in [2.45, 2.75) is 6.54 Å². The molecule has 0 aliphatic heterocycles. The van der Waals surface area contributed by atoms with Crippen LogP contribution in [0.15, 0.2) is 18.2 Å². The molecule has 0 fully saturated rings. The molecular formula is C9H10ClNO3. The quantitative estimate of drug-likeness (QED) is 0.715. The summed E-state index contributed by atoms with van der Waals surface area (Å²) in [6, 6.07) is 4.91. The molecule has 0 radical (unpaired) electrons. The van der Waals surface area contributed by atoms with Gasteiger partial charge in [0.2, 0.25) is 0 Å². The lowest BCUT2D eigenvalue weighted by Gasteiger charge is -2.08. The molecule has 1 aromatic carbocycles. The van der Waals surface area contributed by atoms with Crippen molar-refractivity contribution in [1.82, 2.24) is 0 Å². The summed E-state index contributed by atoms with van der Waals surface area (Å²) in [4.78, 5) is 10.1. The Morgan fingerprint density at radius 2 is 2.29 bits per heavy atom. The van der Waals surface area contributed by atoms with Crippen LogP contribution in [-0.4, -0.2) is 12.6 Å². The summed E-state index contributed by atoms with van der Waals surface area (Å²) in [6.45, 7) is 0.0690. The van der Waals surface area contributed by atoms with Crippen molar-refractivity contribution < 1.29 is 20.4 Å². The van der Waals surface area contributed by atoms with Crippen LogP contribution in [-0.2, 0) is 11.3 Å². The molecule has 1 rings (SSSR count). The lowest BCUT2D eigenvalue weighted by Crippen LogP contribution is -2.47. The van der Waals surface area contributed by atoms with Crippen molar-refractivity contribution >= 4 is 17.6 Å². The highest BCUT2D eigenvalue weighted by Gasteiger charge is 2.02. The predicted molar refractivity (Wildman–Crippen MR) is 48.5 cm³/mol. The second-order valence-corrected chi connectivity index (χ2v) is 3.07. The summed E-state index contributed by atoms with van der Waals surface area (Å²) in [5.74, 6) is -0.798. The van der Waals surface area contributed by atoms with Crippen LogP contribution in [0.4, 0.5) is 0 Å². The molecule has 76 valence electrons. The van der Waals surface area contributed by atoms with E-state index in [0.717, 1.165) is 5.56 Å². The third kappa shape index (κ3) is 2.90. The Hall–Kier alpha value is -1.26. The van der Waals surface area contributed by atoms with E-state index in [1.54, 1.807) is 18.2 Å². The van der Waals surface area contributed by atoms with Gasteiger partial charge in [0.1, 0.15) is 18.9 Å². The van der Waals surface area contributed by atoms with E-state index in [-0.39, 0.29) is 0 Å². The van der Waals surface area contributed by atoms with Gasteiger partial charge in [-0.2, -0.15) is 0 Å². The summed E-state index contributed by atoms with van der Waals surface area (Å²) in [5, 5.41) is 10.7. The van der Waals surface area contributed by atoms with E-state index in [2.05, 4.69) is 5.73 Å². The molecule has 0 amide bonds. The van der Waals surface area contributed by atoms with E-state index in [9.17, 15) is 9.90 Å². The number of halogens is 1. The molecule has 0 spiro atoms. The first kappa shape index (κ1) is 10.8. The van der Waals surface area contributed by atoms with Gasteiger partial charge in [-0.15, -0.1) is 0 Å². The largest absolute Gasteiger partial charge is 0.546 e. The Morgan fingerprint density at radius 3 is 2.86 bits per heavy atom. The lowest BCUT2D eigenvalue weighted by atomic mass is 10.2. The first-order chi connectivity index (χ1) is 6.63. The molecule has 0 aliphatic carbocycles.